The lowest BCUT2D eigenvalue weighted by Crippen LogP contribution is -2.43. The van der Waals surface area contributed by atoms with Crippen LogP contribution in [0.15, 0.2) is 29.1 Å². The highest BCUT2D eigenvalue weighted by Gasteiger charge is 2.29. The first-order chi connectivity index (χ1) is 17.4. The second-order valence-corrected chi connectivity index (χ2v) is 8.16. The Morgan fingerprint density at radius 3 is 1.81 bits per heavy atom. The van der Waals surface area contributed by atoms with Gasteiger partial charge in [0.15, 0.2) is 23.0 Å². The van der Waals surface area contributed by atoms with Gasteiger partial charge >= 0.3 is 0 Å². The van der Waals surface area contributed by atoms with Crippen molar-refractivity contribution in [2.75, 3.05) is 61.9 Å². The van der Waals surface area contributed by atoms with Gasteiger partial charge in [-0.2, -0.15) is 0 Å². The second-order valence-electron chi connectivity index (χ2n) is 8.16. The van der Waals surface area contributed by atoms with E-state index < -0.39 is 0 Å². The third-order valence-corrected chi connectivity index (χ3v) is 6.35. The molecule has 0 unspecified atom stereocenters. The highest BCUT2D eigenvalue weighted by molar-refractivity contribution is 6.09. The zero-order valence-electron chi connectivity index (χ0n) is 21.3. The largest absolute Gasteiger partial charge is 0.493 e. The molecule has 1 aromatic heterocycles. The molecule has 36 heavy (non-hydrogen) atoms. The van der Waals surface area contributed by atoms with Gasteiger partial charge in [0, 0.05) is 31.1 Å². The first kappa shape index (κ1) is 25.2. The Morgan fingerprint density at radius 1 is 0.778 bits per heavy atom. The number of amides is 1. The smallest absolute Gasteiger partial charge is 0.271 e. The van der Waals surface area contributed by atoms with Crippen molar-refractivity contribution < 1.29 is 33.2 Å². The van der Waals surface area contributed by atoms with E-state index in [1.54, 1.807) is 36.2 Å². The minimum Gasteiger partial charge on any atom is -0.493 e. The SMILES string of the molecule is COc1cc2c(-c3cc(OC)c(OC)c(OC)c3)c(C(=O)N3CCOCC3)n(C)c(=O)c2cc1OC. The van der Waals surface area contributed by atoms with Crippen molar-refractivity contribution in [1.82, 2.24) is 9.47 Å². The molecule has 2 aromatic carbocycles. The van der Waals surface area contributed by atoms with Crippen LogP contribution in [0.2, 0.25) is 0 Å². The van der Waals surface area contributed by atoms with E-state index in [0.717, 1.165) is 0 Å². The summed E-state index contributed by atoms with van der Waals surface area (Å²) in [7, 11) is 9.18. The van der Waals surface area contributed by atoms with Crippen LogP contribution in [0, 0.1) is 0 Å². The van der Waals surface area contributed by atoms with Gasteiger partial charge in [0.2, 0.25) is 5.75 Å². The Balaban J connectivity index is 2.14. The van der Waals surface area contributed by atoms with Crippen LogP contribution in [0.3, 0.4) is 0 Å². The van der Waals surface area contributed by atoms with Gasteiger partial charge in [-0.3, -0.25) is 9.59 Å². The van der Waals surface area contributed by atoms with Crippen LogP contribution in [0.5, 0.6) is 28.7 Å². The van der Waals surface area contributed by atoms with E-state index in [0.29, 0.717) is 77.0 Å². The minimum absolute atomic E-state index is 0.232. The lowest BCUT2D eigenvalue weighted by Gasteiger charge is -2.29. The molecule has 1 fully saturated rings. The number of hydrogen-bond donors (Lipinski definition) is 0. The number of morpholine rings is 1. The normalized spacial score (nSPS) is 13.4. The molecule has 0 radical (unpaired) electrons. The molecule has 3 aromatic rings. The summed E-state index contributed by atoms with van der Waals surface area (Å²) >= 11 is 0. The van der Waals surface area contributed by atoms with E-state index in [1.807, 2.05) is 0 Å². The molecule has 0 bridgehead atoms. The maximum absolute atomic E-state index is 13.9. The molecule has 0 aliphatic carbocycles. The highest BCUT2D eigenvalue weighted by atomic mass is 16.5. The number of nitrogens with zero attached hydrogens (tertiary/aromatic N) is 2. The fourth-order valence-corrected chi connectivity index (χ4v) is 4.52. The molecule has 1 amide bonds. The Bertz CT molecular complexity index is 1330. The molecule has 4 rings (SSSR count). The molecule has 1 aliphatic rings. The molecule has 0 N–H and O–H groups in total. The first-order valence-corrected chi connectivity index (χ1v) is 11.4. The summed E-state index contributed by atoms with van der Waals surface area (Å²) in [6.07, 6.45) is 0. The maximum atomic E-state index is 13.9. The number of aromatic nitrogens is 1. The van der Waals surface area contributed by atoms with Gasteiger partial charge in [0.05, 0.1) is 54.1 Å². The van der Waals surface area contributed by atoms with Crippen molar-refractivity contribution in [1.29, 1.82) is 0 Å². The summed E-state index contributed by atoms with van der Waals surface area (Å²) in [5, 5.41) is 0.902. The van der Waals surface area contributed by atoms with Gasteiger partial charge in [-0.1, -0.05) is 0 Å². The van der Waals surface area contributed by atoms with Gasteiger partial charge in [0.25, 0.3) is 11.5 Å². The summed E-state index contributed by atoms with van der Waals surface area (Å²) in [6, 6.07) is 6.85. The fraction of sp³-hybridized carbons (Fsp3) is 0.385. The maximum Gasteiger partial charge on any atom is 0.271 e. The number of carbonyl (C=O) groups excluding carboxylic acids is 1. The van der Waals surface area contributed by atoms with Crippen LogP contribution in [0.1, 0.15) is 10.5 Å². The number of fused-ring (bicyclic) bond motifs is 1. The van der Waals surface area contributed by atoms with Crippen LogP contribution < -0.4 is 29.2 Å². The minimum atomic E-state index is -0.334. The van der Waals surface area contributed by atoms with Crippen LogP contribution in [0.25, 0.3) is 21.9 Å². The van der Waals surface area contributed by atoms with Crippen molar-refractivity contribution in [3.8, 4) is 39.9 Å². The molecule has 0 atom stereocenters. The predicted molar refractivity (Wildman–Crippen MR) is 134 cm³/mol. The Labute approximate surface area is 208 Å². The van der Waals surface area contributed by atoms with E-state index in [1.165, 1.54) is 40.1 Å². The van der Waals surface area contributed by atoms with E-state index in [2.05, 4.69) is 0 Å². The monoisotopic (exact) mass is 498 g/mol. The molecular formula is C26H30N2O8. The summed E-state index contributed by atoms with van der Waals surface area (Å²) in [5.41, 5.74) is 1.03. The van der Waals surface area contributed by atoms with E-state index >= 15 is 0 Å². The zero-order valence-corrected chi connectivity index (χ0v) is 21.3. The molecule has 0 saturated carbocycles. The standard InChI is InChI=1S/C26H30N2O8/c1-27-23(26(30)28-7-9-36-10-8-28)22(15-11-20(33-4)24(35-6)21(12-15)34-5)16-13-18(31-2)19(32-3)14-17(16)25(27)29/h11-14H,7-10H2,1-6H3. The first-order valence-electron chi connectivity index (χ1n) is 11.4. The summed E-state index contributed by atoms with van der Waals surface area (Å²) < 4.78 is 34.4. The molecule has 10 nitrogen and oxygen atoms in total. The number of ether oxygens (including phenoxy) is 6. The van der Waals surface area contributed by atoms with Crippen molar-refractivity contribution >= 4 is 16.7 Å². The zero-order chi connectivity index (χ0) is 26.0. The van der Waals surface area contributed by atoms with Crippen LogP contribution in [0.4, 0.5) is 0 Å². The lowest BCUT2D eigenvalue weighted by atomic mass is 9.94. The molecule has 1 saturated heterocycles. The molecule has 1 aliphatic heterocycles. The topological polar surface area (TPSA) is 97.7 Å². The van der Waals surface area contributed by atoms with Crippen LogP contribution >= 0.6 is 0 Å². The molecule has 2 heterocycles. The van der Waals surface area contributed by atoms with Gasteiger partial charge in [-0.15, -0.1) is 0 Å². The molecule has 192 valence electrons. The Hall–Kier alpha value is -3.92. The molecular weight excluding hydrogens is 468 g/mol. The Morgan fingerprint density at radius 2 is 1.31 bits per heavy atom. The molecule has 0 spiro atoms. The van der Waals surface area contributed by atoms with Gasteiger partial charge in [-0.05, 0) is 29.8 Å². The van der Waals surface area contributed by atoms with Crippen molar-refractivity contribution in [3.05, 3.63) is 40.3 Å². The number of rotatable bonds is 7. The lowest BCUT2D eigenvalue weighted by molar-refractivity contribution is 0.0296. The van der Waals surface area contributed by atoms with Crippen LogP contribution in [-0.4, -0.2) is 77.2 Å². The third kappa shape index (κ3) is 4.17. The molecule has 10 heteroatoms. The number of pyridine rings is 1. The van der Waals surface area contributed by atoms with Crippen LogP contribution in [-0.2, 0) is 11.8 Å². The van der Waals surface area contributed by atoms with Crippen molar-refractivity contribution in [2.45, 2.75) is 0 Å². The number of benzene rings is 2. The highest BCUT2D eigenvalue weighted by Crippen LogP contribution is 2.44. The van der Waals surface area contributed by atoms with Gasteiger partial charge in [0.1, 0.15) is 5.69 Å². The third-order valence-electron chi connectivity index (χ3n) is 6.35. The van der Waals surface area contributed by atoms with E-state index in [-0.39, 0.29) is 17.2 Å². The van der Waals surface area contributed by atoms with Gasteiger partial charge in [-0.25, -0.2) is 0 Å². The fourth-order valence-electron chi connectivity index (χ4n) is 4.52. The summed E-state index contributed by atoms with van der Waals surface area (Å²) in [6.45, 7) is 1.70. The summed E-state index contributed by atoms with van der Waals surface area (Å²) in [5.74, 6) is 1.80. The summed E-state index contributed by atoms with van der Waals surface area (Å²) in [4.78, 5) is 29.1. The number of methoxy groups -OCH3 is 5. The van der Waals surface area contributed by atoms with E-state index in [4.69, 9.17) is 28.4 Å². The van der Waals surface area contributed by atoms with Crippen molar-refractivity contribution in [3.63, 3.8) is 0 Å². The average Bonchev–Trinajstić information content (AvgIpc) is 2.93. The predicted octanol–water partition coefficient (Wildman–Crippen LogP) is 2.72. The number of hydrogen-bond acceptors (Lipinski definition) is 8. The Kier molecular flexibility index (Phi) is 7.25. The quantitative estimate of drug-likeness (QED) is 0.491. The van der Waals surface area contributed by atoms with Crippen molar-refractivity contribution in [2.24, 2.45) is 7.05 Å². The average molecular weight is 499 g/mol. The number of carbonyl (C=O) groups is 1. The van der Waals surface area contributed by atoms with E-state index in [9.17, 15) is 9.59 Å². The van der Waals surface area contributed by atoms with Gasteiger partial charge < -0.3 is 37.9 Å². The second kappa shape index (κ2) is 10.4.